The summed E-state index contributed by atoms with van der Waals surface area (Å²) in [4.78, 5) is 30.0. The molecule has 4 rings (SSSR count). The number of aromatic nitrogens is 3. The molecule has 0 aliphatic rings. The molecule has 7 nitrogen and oxygen atoms in total. The highest BCUT2D eigenvalue weighted by Gasteiger charge is 2.22. The summed E-state index contributed by atoms with van der Waals surface area (Å²) in [5.41, 5.74) is 2.47. The smallest absolute Gasteiger partial charge is 0.273 e. The monoisotopic (exact) mass is 455 g/mol. The third-order valence-corrected chi connectivity index (χ3v) is 6.33. The Balaban J connectivity index is 1.54. The van der Waals surface area contributed by atoms with Crippen molar-refractivity contribution in [3.63, 3.8) is 0 Å². The molecule has 33 heavy (non-hydrogen) atoms. The highest BCUT2D eigenvalue weighted by atomic mass is 32.2. The van der Waals surface area contributed by atoms with Crippen LogP contribution in [-0.4, -0.2) is 25.9 Å². The van der Waals surface area contributed by atoms with Crippen LogP contribution in [0.3, 0.4) is 0 Å². The zero-order valence-electron chi connectivity index (χ0n) is 17.9. The first-order valence-electron chi connectivity index (χ1n) is 10.4. The molecule has 0 saturated carbocycles. The van der Waals surface area contributed by atoms with Crippen LogP contribution in [0, 0.1) is 11.3 Å². The van der Waals surface area contributed by atoms with Crippen LogP contribution in [0.5, 0.6) is 0 Å². The van der Waals surface area contributed by atoms with E-state index in [0.29, 0.717) is 28.5 Å². The van der Waals surface area contributed by atoms with Crippen molar-refractivity contribution in [1.29, 1.82) is 5.26 Å². The highest BCUT2D eigenvalue weighted by molar-refractivity contribution is 8.00. The number of H-pyrrole nitrogens is 1. The van der Waals surface area contributed by atoms with Gasteiger partial charge in [-0.1, -0.05) is 67.2 Å². The number of anilines is 1. The van der Waals surface area contributed by atoms with Gasteiger partial charge in [0.25, 0.3) is 5.56 Å². The van der Waals surface area contributed by atoms with E-state index < -0.39 is 5.25 Å². The molecule has 1 atom stereocenters. The van der Waals surface area contributed by atoms with Gasteiger partial charge in [0.05, 0.1) is 22.2 Å². The van der Waals surface area contributed by atoms with E-state index in [-0.39, 0.29) is 11.5 Å². The first-order chi connectivity index (χ1) is 16.1. The Bertz CT molecular complexity index is 1360. The lowest BCUT2D eigenvalue weighted by molar-refractivity contribution is -0.115. The maximum atomic E-state index is 13.0. The van der Waals surface area contributed by atoms with Gasteiger partial charge >= 0.3 is 0 Å². The van der Waals surface area contributed by atoms with Crippen molar-refractivity contribution in [3.05, 3.63) is 94.8 Å². The maximum absolute atomic E-state index is 13.0. The van der Waals surface area contributed by atoms with Crippen LogP contribution in [-0.2, 0) is 4.79 Å². The minimum Gasteiger partial charge on any atom is -0.310 e. The molecule has 4 aromatic rings. The zero-order chi connectivity index (χ0) is 23.2. The molecule has 2 heterocycles. The first-order valence-corrected chi connectivity index (χ1v) is 11.3. The van der Waals surface area contributed by atoms with Crippen LogP contribution in [0.15, 0.2) is 88.7 Å². The number of pyridine rings is 1. The summed E-state index contributed by atoms with van der Waals surface area (Å²) in [5, 5.41) is 15.2. The van der Waals surface area contributed by atoms with E-state index in [1.807, 2.05) is 55.5 Å². The second kappa shape index (κ2) is 10.0. The number of aromatic amines is 1. The second-order valence-electron chi connectivity index (χ2n) is 7.21. The summed E-state index contributed by atoms with van der Waals surface area (Å²) in [7, 11) is 0. The van der Waals surface area contributed by atoms with Gasteiger partial charge in [0.1, 0.15) is 16.9 Å². The summed E-state index contributed by atoms with van der Waals surface area (Å²) in [6, 6.07) is 25.8. The average Bonchev–Trinajstić information content (AvgIpc) is 3.23. The summed E-state index contributed by atoms with van der Waals surface area (Å²) in [5.74, 6) is 0.0270. The number of carbonyl (C=O) groups excluding carboxylic acids is 1. The number of hydrogen-bond acceptors (Lipinski definition) is 5. The van der Waals surface area contributed by atoms with Gasteiger partial charge in [-0.3, -0.25) is 14.7 Å². The number of para-hydroxylation sites is 1. The Hall–Kier alpha value is -4.09. The number of nitriles is 1. The fraction of sp³-hybridized carbons (Fsp3) is 0.120. The molecule has 2 aromatic heterocycles. The van der Waals surface area contributed by atoms with Gasteiger partial charge in [-0.2, -0.15) is 5.26 Å². The second-order valence-corrected chi connectivity index (χ2v) is 8.40. The lowest BCUT2D eigenvalue weighted by Gasteiger charge is -2.15. The van der Waals surface area contributed by atoms with E-state index in [9.17, 15) is 14.9 Å². The van der Waals surface area contributed by atoms with Crippen molar-refractivity contribution in [2.24, 2.45) is 0 Å². The lowest BCUT2D eigenvalue weighted by Crippen LogP contribution is -2.25. The number of thioether (sulfide) groups is 1. The molecule has 0 aliphatic heterocycles. The number of nitrogens with one attached hydrogen (secondary N) is 2. The molecule has 0 fully saturated rings. The number of rotatable bonds is 7. The summed E-state index contributed by atoms with van der Waals surface area (Å²) in [6.45, 7) is 1.89. The Kier molecular flexibility index (Phi) is 6.72. The van der Waals surface area contributed by atoms with E-state index in [2.05, 4.69) is 21.5 Å². The largest absolute Gasteiger partial charge is 0.310 e. The van der Waals surface area contributed by atoms with Gasteiger partial charge < -0.3 is 5.32 Å². The summed E-state index contributed by atoms with van der Waals surface area (Å²) in [6.07, 6.45) is 0.516. The fourth-order valence-corrected chi connectivity index (χ4v) is 4.28. The highest BCUT2D eigenvalue weighted by Crippen LogP contribution is 2.30. The summed E-state index contributed by atoms with van der Waals surface area (Å²) < 4.78 is 1.36. The minimum atomic E-state index is -0.501. The van der Waals surface area contributed by atoms with Gasteiger partial charge in [0.2, 0.25) is 5.91 Å². The minimum absolute atomic E-state index is 0.277. The van der Waals surface area contributed by atoms with Crippen molar-refractivity contribution < 1.29 is 4.79 Å². The quantitative estimate of drug-likeness (QED) is 0.396. The van der Waals surface area contributed by atoms with Crippen LogP contribution in [0.4, 0.5) is 5.82 Å². The van der Waals surface area contributed by atoms with Crippen molar-refractivity contribution in [2.45, 2.75) is 23.6 Å². The SMILES string of the molecule is CCC(Sc1nc(-c2ccccc2)ccc1C#N)C(=O)Nc1cc(=O)n(-c2ccccc2)[nH]1. The van der Waals surface area contributed by atoms with Crippen molar-refractivity contribution in [2.75, 3.05) is 5.32 Å². The van der Waals surface area contributed by atoms with Gasteiger partial charge in [0, 0.05) is 11.6 Å². The van der Waals surface area contributed by atoms with Crippen molar-refractivity contribution >= 4 is 23.5 Å². The summed E-state index contributed by atoms with van der Waals surface area (Å²) >= 11 is 1.24. The Morgan fingerprint density at radius 3 is 2.48 bits per heavy atom. The third-order valence-electron chi connectivity index (χ3n) is 4.96. The van der Waals surface area contributed by atoms with Crippen LogP contribution >= 0.6 is 11.8 Å². The molecular weight excluding hydrogens is 434 g/mol. The normalized spacial score (nSPS) is 11.5. The Morgan fingerprint density at radius 1 is 1.12 bits per heavy atom. The van der Waals surface area contributed by atoms with Crippen LogP contribution < -0.4 is 10.9 Å². The zero-order valence-corrected chi connectivity index (χ0v) is 18.7. The van der Waals surface area contributed by atoms with Crippen molar-refractivity contribution in [3.8, 4) is 23.0 Å². The number of hydrogen-bond donors (Lipinski definition) is 2. The number of amides is 1. The molecule has 1 unspecified atom stereocenters. The lowest BCUT2D eigenvalue weighted by atomic mass is 10.1. The predicted molar refractivity (Wildman–Crippen MR) is 129 cm³/mol. The number of carbonyl (C=O) groups is 1. The standard InChI is InChI=1S/C25H21N5O2S/c1-2-21(24(32)28-22-15-23(31)30(29-22)19-11-7-4-8-12-19)33-25-18(16-26)13-14-20(27-25)17-9-5-3-6-10-17/h3-15,21,29H,2H2,1H3,(H,28,32). The van der Waals surface area contributed by atoms with Crippen molar-refractivity contribution in [1.82, 2.24) is 14.8 Å². The van der Waals surface area contributed by atoms with Gasteiger partial charge in [-0.25, -0.2) is 9.67 Å². The third kappa shape index (κ3) is 5.05. The molecule has 0 radical (unpaired) electrons. The van der Waals surface area contributed by atoms with Crippen LogP contribution in [0.2, 0.25) is 0 Å². The van der Waals surface area contributed by atoms with E-state index >= 15 is 0 Å². The van der Waals surface area contributed by atoms with E-state index in [1.54, 1.807) is 24.3 Å². The molecule has 0 bridgehead atoms. The fourth-order valence-electron chi connectivity index (χ4n) is 3.28. The number of nitrogens with zero attached hydrogens (tertiary/aromatic N) is 3. The van der Waals surface area contributed by atoms with E-state index in [1.165, 1.54) is 22.5 Å². The van der Waals surface area contributed by atoms with Crippen LogP contribution in [0.1, 0.15) is 18.9 Å². The maximum Gasteiger partial charge on any atom is 0.273 e. The molecule has 8 heteroatoms. The number of benzene rings is 2. The molecular formula is C25H21N5O2S. The molecule has 164 valence electrons. The predicted octanol–water partition coefficient (Wildman–Crippen LogP) is 4.61. The topological polar surface area (TPSA) is 104 Å². The van der Waals surface area contributed by atoms with Gasteiger partial charge in [-0.05, 0) is 30.7 Å². The molecule has 2 aromatic carbocycles. The average molecular weight is 456 g/mol. The molecule has 0 aliphatic carbocycles. The van der Waals surface area contributed by atoms with Gasteiger partial charge in [-0.15, -0.1) is 0 Å². The molecule has 1 amide bonds. The Morgan fingerprint density at radius 2 is 1.82 bits per heavy atom. The molecule has 0 saturated heterocycles. The van der Waals surface area contributed by atoms with E-state index in [0.717, 1.165) is 11.3 Å². The van der Waals surface area contributed by atoms with Gasteiger partial charge in [0.15, 0.2) is 0 Å². The Labute approximate surface area is 195 Å². The van der Waals surface area contributed by atoms with E-state index in [4.69, 9.17) is 0 Å². The molecule has 2 N–H and O–H groups in total. The molecule has 0 spiro atoms. The van der Waals surface area contributed by atoms with Crippen LogP contribution in [0.25, 0.3) is 16.9 Å². The first kappa shape index (κ1) is 22.1.